The highest BCUT2D eigenvalue weighted by Gasteiger charge is 2.05. The minimum absolute atomic E-state index is 0.513. The van der Waals surface area contributed by atoms with Crippen LogP contribution in [0.15, 0.2) is 65.2 Å². The van der Waals surface area contributed by atoms with Crippen molar-refractivity contribution in [1.29, 1.82) is 0 Å². The fourth-order valence-electron chi connectivity index (χ4n) is 2.10. The lowest BCUT2D eigenvalue weighted by atomic mass is 10.2. The highest BCUT2D eigenvalue weighted by Crippen LogP contribution is 2.21. The van der Waals surface area contributed by atoms with Crippen molar-refractivity contribution in [2.75, 3.05) is 5.32 Å². The van der Waals surface area contributed by atoms with Crippen LogP contribution in [-0.4, -0.2) is 10.1 Å². The molecule has 4 nitrogen and oxygen atoms in total. The minimum atomic E-state index is 0.513. The first-order valence-corrected chi connectivity index (χ1v) is 7.73. The van der Waals surface area contributed by atoms with Gasteiger partial charge in [-0.25, -0.2) is 4.98 Å². The molecule has 0 saturated carbocycles. The van der Waals surface area contributed by atoms with Gasteiger partial charge in [0.2, 0.25) is 0 Å². The lowest BCUT2D eigenvalue weighted by molar-refractivity contribution is 0.516. The Morgan fingerprint density at radius 2 is 1.91 bits per heavy atom. The van der Waals surface area contributed by atoms with Crippen LogP contribution in [0.2, 0.25) is 0 Å². The van der Waals surface area contributed by atoms with Crippen molar-refractivity contribution < 1.29 is 4.42 Å². The van der Waals surface area contributed by atoms with Crippen LogP contribution in [0.1, 0.15) is 11.3 Å². The number of furan rings is 1. The van der Waals surface area contributed by atoms with E-state index in [0.29, 0.717) is 11.7 Å². The molecule has 0 aliphatic carbocycles. The summed E-state index contributed by atoms with van der Waals surface area (Å²) in [4.78, 5) is 4.25. The van der Waals surface area contributed by atoms with Gasteiger partial charge in [-0.05, 0) is 42.9 Å². The molecule has 0 radical (unpaired) electrons. The molecule has 23 heavy (non-hydrogen) atoms. The van der Waals surface area contributed by atoms with Crippen molar-refractivity contribution in [3.05, 3.63) is 72.1 Å². The molecule has 116 valence electrons. The molecule has 2 aromatic heterocycles. The fraction of sp³-hybridized carbons (Fsp3) is 0.111. The van der Waals surface area contributed by atoms with Gasteiger partial charge in [0.1, 0.15) is 17.3 Å². The average Bonchev–Trinajstić information content (AvgIpc) is 3.05. The van der Waals surface area contributed by atoms with E-state index in [-0.39, 0.29) is 0 Å². The summed E-state index contributed by atoms with van der Waals surface area (Å²) in [6.45, 7) is 2.51. The summed E-state index contributed by atoms with van der Waals surface area (Å²) in [6.07, 6.45) is 1.80. The van der Waals surface area contributed by atoms with Crippen molar-refractivity contribution in [2.45, 2.75) is 13.5 Å². The lowest BCUT2D eigenvalue weighted by Gasteiger charge is -2.08. The summed E-state index contributed by atoms with van der Waals surface area (Å²) in [7, 11) is 0. The van der Waals surface area contributed by atoms with Crippen molar-refractivity contribution in [1.82, 2.24) is 10.3 Å². The van der Waals surface area contributed by atoms with E-state index in [1.165, 1.54) is 0 Å². The molecular weight excluding hydrogens is 306 g/mol. The molecule has 0 aliphatic rings. The summed E-state index contributed by atoms with van der Waals surface area (Å²) in [5.74, 6) is 2.39. The molecule has 0 amide bonds. The molecule has 1 aromatic carbocycles. The van der Waals surface area contributed by atoms with E-state index in [9.17, 15) is 0 Å². The Kier molecular flexibility index (Phi) is 4.68. The third-order valence-corrected chi connectivity index (χ3v) is 3.54. The molecule has 0 saturated heterocycles. The van der Waals surface area contributed by atoms with Crippen LogP contribution >= 0.6 is 12.2 Å². The van der Waals surface area contributed by atoms with Gasteiger partial charge in [-0.2, -0.15) is 0 Å². The van der Waals surface area contributed by atoms with E-state index in [1.807, 2.05) is 61.5 Å². The number of hydrogen-bond acceptors (Lipinski definition) is 3. The Hall–Kier alpha value is -2.66. The van der Waals surface area contributed by atoms with Gasteiger partial charge in [0.15, 0.2) is 5.11 Å². The molecule has 2 N–H and O–H groups in total. The molecular formula is C18H17N3OS. The number of benzene rings is 1. The van der Waals surface area contributed by atoms with Crippen LogP contribution in [0, 0.1) is 6.92 Å². The Morgan fingerprint density at radius 3 is 2.65 bits per heavy atom. The van der Waals surface area contributed by atoms with Gasteiger partial charge in [-0.15, -0.1) is 0 Å². The number of pyridine rings is 1. The number of hydrogen-bond donors (Lipinski definition) is 2. The molecule has 0 atom stereocenters. The van der Waals surface area contributed by atoms with Crippen molar-refractivity contribution >= 4 is 23.1 Å². The Labute approximate surface area is 140 Å². The summed E-state index contributed by atoms with van der Waals surface area (Å²) < 4.78 is 5.82. The first-order valence-electron chi connectivity index (χ1n) is 7.32. The number of nitrogens with one attached hydrogen (secondary N) is 2. The monoisotopic (exact) mass is 323 g/mol. The van der Waals surface area contributed by atoms with Crippen molar-refractivity contribution in [3.8, 4) is 11.3 Å². The second-order valence-corrected chi connectivity index (χ2v) is 5.57. The molecule has 5 heteroatoms. The van der Waals surface area contributed by atoms with E-state index in [2.05, 4.69) is 15.6 Å². The predicted octanol–water partition coefficient (Wildman–Crippen LogP) is 4.14. The maximum atomic E-state index is 5.82. The Balaban J connectivity index is 1.55. The molecule has 0 unspecified atom stereocenters. The van der Waals surface area contributed by atoms with Crippen molar-refractivity contribution in [2.24, 2.45) is 0 Å². The normalized spacial score (nSPS) is 10.3. The zero-order valence-corrected chi connectivity index (χ0v) is 13.6. The third kappa shape index (κ3) is 4.17. The molecule has 3 rings (SSSR count). The van der Waals surface area contributed by atoms with Gasteiger partial charge >= 0.3 is 0 Å². The highest BCUT2D eigenvalue weighted by molar-refractivity contribution is 7.80. The minimum Gasteiger partial charge on any atom is -0.459 e. The highest BCUT2D eigenvalue weighted by atomic mass is 32.1. The number of aromatic nitrogens is 1. The van der Waals surface area contributed by atoms with Gasteiger partial charge in [0, 0.05) is 11.8 Å². The van der Waals surface area contributed by atoms with Crippen LogP contribution in [0.4, 0.5) is 5.82 Å². The SMILES string of the molecule is Cc1ccc(NC(=S)NCc2ccc(-c3ccccc3)o2)nc1. The first kappa shape index (κ1) is 15.2. The number of anilines is 1. The summed E-state index contributed by atoms with van der Waals surface area (Å²) in [6, 6.07) is 17.8. The summed E-state index contributed by atoms with van der Waals surface area (Å²) in [5.41, 5.74) is 2.17. The smallest absolute Gasteiger partial charge is 0.172 e. The molecule has 0 spiro atoms. The Morgan fingerprint density at radius 1 is 1.09 bits per heavy atom. The number of thiocarbonyl (C=S) groups is 1. The molecule has 3 aromatic rings. The molecule has 0 fully saturated rings. The lowest BCUT2D eigenvalue weighted by Crippen LogP contribution is -2.28. The third-order valence-electron chi connectivity index (χ3n) is 3.30. The predicted molar refractivity (Wildman–Crippen MR) is 96.2 cm³/mol. The second kappa shape index (κ2) is 7.07. The van der Waals surface area contributed by atoms with E-state index in [1.54, 1.807) is 6.20 Å². The maximum absolute atomic E-state index is 5.82. The number of nitrogens with zero attached hydrogens (tertiary/aromatic N) is 1. The molecule has 0 aliphatic heterocycles. The zero-order valence-electron chi connectivity index (χ0n) is 12.7. The van der Waals surface area contributed by atoms with E-state index < -0.39 is 0 Å². The van der Waals surface area contributed by atoms with E-state index in [0.717, 1.165) is 28.5 Å². The quantitative estimate of drug-likeness (QED) is 0.707. The standard InChI is InChI=1S/C18H17N3OS/c1-13-7-10-17(19-11-13)21-18(23)20-12-15-8-9-16(22-15)14-5-3-2-4-6-14/h2-11H,12H2,1H3,(H2,19,20,21,23). The number of rotatable bonds is 4. The van der Waals surface area contributed by atoms with Crippen molar-refractivity contribution in [3.63, 3.8) is 0 Å². The molecule has 2 heterocycles. The van der Waals surface area contributed by atoms with Crippen LogP contribution < -0.4 is 10.6 Å². The Bertz CT molecular complexity index is 782. The van der Waals surface area contributed by atoms with Crippen LogP contribution in [0.3, 0.4) is 0 Å². The topological polar surface area (TPSA) is 50.1 Å². The van der Waals surface area contributed by atoms with Gasteiger partial charge < -0.3 is 15.1 Å². The average molecular weight is 323 g/mol. The van der Waals surface area contributed by atoms with Crippen LogP contribution in [0.5, 0.6) is 0 Å². The number of aryl methyl sites for hydroxylation is 1. The van der Waals surface area contributed by atoms with Gasteiger partial charge in [0.05, 0.1) is 6.54 Å². The van der Waals surface area contributed by atoms with Gasteiger partial charge in [-0.3, -0.25) is 0 Å². The van der Waals surface area contributed by atoms with Crippen LogP contribution in [0.25, 0.3) is 11.3 Å². The largest absolute Gasteiger partial charge is 0.459 e. The first-order chi connectivity index (χ1) is 11.2. The summed E-state index contributed by atoms with van der Waals surface area (Å²) >= 11 is 5.26. The van der Waals surface area contributed by atoms with Gasteiger partial charge in [-0.1, -0.05) is 36.4 Å². The van der Waals surface area contributed by atoms with Crippen LogP contribution in [-0.2, 0) is 6.54 Å². The van der Waals surface area contributed by atoms with E-state index >= 15 is 0 Å². The zero-order chi connectivity index (χ0) is 16.1. The van der Waals surface area contributed by atoms with Gasteiger partial charge in [0.25, 0.3) is 0 Å². The maximum Gasteiger partial charge on any atom is 0.172 e. The summed E-state index contributed by atoms with van der Waals surface area (Å²) in [5, 5.41) is 6.67. The fourth-order valence-corrected chi connectivity index (χ4v) is 2.28. The molecule has 0 bridgehead atoms. The second-order valence-electron chi connectivity index (χ2n) is 5.16. The van der Waals surface area contributed by atoms with E-state index in [4.69, 9.17) is 16.6 Å².